The van der Waals surface area contributed by atoms with E-state index in [-0.39, 0.29) is 17.9 Å². The molecule has 4 aromatic rings. The zero-order valence-corrected chi connectivity index (χ0v) is 15.5. The molecule has 0 aliphatic rings. The number of carbonyl (C=O) groups excluding carboxylic acids is 1. The lowest BCUT2D eigenvalue weighted by Crippen LogP contribution is -2.16. The van der Waals surface area contributed by atoms with E-state index in [1.54, 1.807) is 24.3 Å². The number of nitrogens with zero attached hydrogens (tertiary/aromatic N) is 3. The molecule has 140 valence electrons. The summed E-state index contributed by atoms with van der Waals surface area (Å²) in [5.41, 5.74) is 3.53. The van der Waals surface area contributed by atoms with Gasteiger partial charge < -0.3 is 4.74 Å². The molecule has 2 heterocycles. The number of carbonyl (C=O) groups is 1. The van der Waals surface area contributed by atoms with Gasteiger partial charge >= 0.3 is 5.97 Å². The molecule has 0 radical (unpaired) electrons. The Hall–Kier alpha value is -3.74. The lowest BCUT2D eigenvalue weighted by atomic mass is 10.1. The molecule has 0 aliphatic heterocycles. The average Bonchev–Trinajstić information content (AvgIpc) is 3.05. The van der Waals surface area contributed by atoms with Crippen LogP contribution in [0.1, 0.15) is 27.4 Å². The monoisotopic (exact) mass is 374 g/mol. The molecule has 0 atom stereocenters. The molecule has 2 aromatic carbocycles. The quantitative estimate of drug-likeness (QED) is 0.555. The van der Waals surface area contributed by atoms with Crippen LogP contribution in [0, 0.1) is 13.8 Å². The third kappa shape index (κ3) is 3.29. The Balaban J connectivity index is 1.51. The van der Waals surface area contributed by atoms with E-state index in [1.165, 1.54) is 0 Å². The number of hydrogen-bond acceptors (Lipinski definition) is 5. The predicted molar refractivity (Wildman–Crippen MR) is 105 cm³/mol. The second-order valence-electron chi connectivity index (χ2n) is 6.53. The summed E-state index contributed by atoms with van der Waals surface area (Å²) in [6.07, 6.45) is 0. The fourth-order valence-corrected chi connectivity index (χ4v) is 3.11. The van der Waals surface area contributed by atoms with Crippen molar-refractivity contribution in [2.45, 2.75) is 20.5 Å². The molecule has 1 N–H and O–H groups in total. The van der Waals surface area contributed by atoms with Crippen molar-refractivity contribution in [1.82, 2.24) is 20.0 Å². The van der Waals surface area contributed by atoms with Crippen LogP contribution >= 0.6 is 0 Å². The smallest absolute Gasteiger partial charge is 0.359 e. The van der Waals surface area contributed by atoms with E-state index in [9.17, 15) is 9.59 Å². The standard InChI is InChI=1S/C21H18N4O3/c1-13-11-14(2)25(24-13)16-9-7-15(8-10-16)12-28-21(27)19-17-5-3-4-6-18(17)20(26)23-22-19/h3-11H,12H2,1-2H3,(H,23,26). The predicted octanol–water partition coefficient (Wildman–Crippen LogP) is 3.08. The lowest BCUT2D eigenvalue weighted by molar-refractivity contribution is 0.0467. The van der Waals surface area contributed by atoms with Crippen LogP contribution in [-0.4, -0.2) is 25.9 Å². The molecule has 7 heteroatoms. The van der Waals surface area contributed by atoms with Crippen LogP contribution in [0.2, 0.25) is 0 Å². The number of esters is 1. The molecule has 28 heavy (non-hydrogen) atoms. The summed E-state index contributed by atoms with van der Waals surface area (Å²) in [7, 11) is 0. The minimum absolute atomic E-state index is 0.0921. The summed E-state index contributed by atoms with van der Waals surface area (Å²) in [6.45, 7) is 4.05. The zero-order valence-electron chi connectivity index (χ0n) is 15.5. The lowest BCUT2D eigenvalue weighted by Gasteiger charge is -2.08. The van der Waals surface area contributed by atoms with Crippen molar-refractivity contribution in [3.63, 3.8) is 0 Å². The molecule has 0 spiro atoms. The molecule has 4 rings (SSSR count). The summed E-state index contributed by atoms with van der Waals surface area (Å²) in [4.78, 5) is 24.3. The Morgan fingerprint density at radius 3 is 2.46 bits per heavy atom. The van der Waals surface area contributed by atoms with E-state index >= 15 is 0 Å². The van der Waals surface area contributed by atoms with Gasteiger partial charge in [-0.05, 0) is 43.7 Å². The van der Waals surface area contributed by atoms with Crippen LogP contribution in [0.25, 0.3) is 16.5 Å². The molecule has 0 bridgehead atoms. The Morgan fingerprint density at radius 1 is 1.07 bits per heavy atom. The maximum Gasteiger partial charge on any atom is 0.359 e. The highest BCUT2D eigenvalue weighted by Crippen LogP contribution is 2.16. The summed E-state index contributed by atoms with van der Waals surface area (Å²) in [5, 5.41) is 11.5. The van der Waals surface area contributed by atoms with Gasteiger partial charge in [0.2, 0.25) is 0 Å². The first-order valence-corrected chi connectivity index (χ1v) is 8.80. The summed E-state index contributed by atoms with van der Waals surface area (Å²) in [6, 6.07) is 16.4. The first kappa shape index (κ1) is 17.7. The van der Waals surface area contributed by atoms with Crippen LogP contribution in [0.5, 0.6) is 0 Å². The van der Waals surface area contributed by atoms with Gasteiger partial charge in [-0.2, -0.15) is 10.2 Å². The number of rotatable bonds is 4. The fourth-order valence-electron chi connectivity index (χ4n) is 3.11. The summed E-state index contributed by atoms with van der Waals surface area (Å²) < 4.78 is 7.25. The van der Waals surface area contributed by atoms with Crippen LogP contribution in [-0.2, 0) is 11.3 Å². The third-order valence-electron chi connectivity index (χ3n) is 4.45. The molecule has 2 aromatic heterocycles. The van der Waals surface area contributed by atoms with Gasteiger partial charge in [-0.15, -0.1) is 0 Å². The summed E-state index contributed by atoms with van der Waals surface area (Å²) in [5.74, 6) is -0.588. The van der Waals surface area contributed by atoms with Gasteiger partial charge in [0.05, 0.1) is 16.8 Å². The number of fused-ring (bicyclic) bond motifs is 1. The van der Waals surface area contributed by atoms with Crippen molar-refractivity contribution in [3.05, 3.63) is 87.6 Å². The van der Waals surface area contributed by atoms with Crippen LogP contribution in [0.4, 0.5) is 0 Å². The average molecular weight is 374 g/mol. The molecular formula is C21H18N4O3. The third-order valence-corrected chi connectivity index (χ3v) is 4.45. The Labute approximate surface area is 160 Å². The molecule has 7 nitrogen and oxygen atoms in total. The topological polar surface area (TPSA) is 89.9 Å². The van der Waals surface area contributed by atoms with Crippen molar-refractivity contribution in [1.29, 1.82) is 0 Å². The molecule has 0 fully saturated rings. The van der Waals surface area contributed by atoms with Crippen molar-refractivity contribution in [3.8, 4) is 5.69 Å². The van der Waals surface area contributed by atoms with Crippen LogP contribution < -0.4 is 5.56 Å². The van der Waals surface area contributed by atoms with Gasteiger partial charge in [0.25, 0.3) is 5.56 Å². The Morgan fingerprint density at radius 2 is 1.79 bits per heavy atom. The maximum absolute atomic E-state index is 12.5. The highest BCUT2D eigenvalue weighted by atomic mass is 16.5. The highest BCUT2D eigenvalue weighted by molar-refractivity contribution is 6.01. The Kier molecular flexibility index (Phi) is 4.49. The summed E-state index contributed by atoms with van der Waals surface area (Å²) >= 11 is 0. The number of ether oxygens (including phenoxy) is 1. The molecule has 0 saturated heterocycles. The number of aryl methyl sites for hydroxylation is 2. The highest BCUT2D eigenvalue weighted by Gasteiger charge is 2.15. The van der Waals surface area contributed by atoms with Gasteiger partial charge in [-0.1, -0.05) is 30.3 Å². The normalized spacial score (nSPS) is 10.9. The first-order chi connectivity index (χ1) is 13.5. The van der Waals surface area contributed by atoms with Gasteiger partial charge in [-0.25, -0.2) is 14.6 Å². The maximum atomic E-state index is 12.5. The van der Waals surface area contributed by atoms with Crippen LogP contribution in [0.15, 0.2) is 59.4 Å². The second-order valence-corrected chi connectivity index (χ2v) is 6.53. The number of nitrogens with one attached hydrogen (secondary N) is 1. The van der Waals surface area contributed by atoms with Gasteiger partial charge in [-0.3, -0.25) is 4.79 Å². The van der Waals surface area contributed by atoms with Crippen LogP contribution in [0.3, 0.4) is 0 Å². The van der Waals surface area contributed by atoms with E-state index in [1.807, 2.05) is 48.9 Å². The number of benzene rings is 2. The molecule has 0 amide bonds. The fraction of sp³-hybridized carbons (Fsp3) is 0.143. The second kappa shape index (κ2) is 7.11. The van der Waals surface area contributed by atoms with E-state index in [0.29, 0.717) is 10.8 Å². The van der Waals surface area contributed by atoms with E-state index in [2.05, 4.69) is 15.3 Å². The zero-order chi connectivity index (χ0) is 19.7. The van der Waals surface area contributed by atoms with E-state index in [4.69, 9.17) is 4.74 Å². The van der Waals surface area contributed by atoms with Crippen molar-refractivity contribution < 1.29 is 9.53 Å². The SMILES string of the molecule is Cc1cc(C)n(-c2ccc(COC(=O)c3n[nH]c(=O)c4ccccc34)cc2)n1. The van der Waals surface area contributed by atoms with E-state index in [0.717, 1.165) is 22.6 Å². The van der Waals surface area contributed by atoms with Gasteiger partial charge in [0.15, 0.2) is 5.69 Å². The number of aromatic amines is 1. The molecule has 0 saturated carbocycles. The minimum Gasteiger partial charge on any atom is -0.456 e. The van der Waals surface area contributed by atoms with E-state index < -0.39 is 5.97 Å². The molecular weight excluding hydrogens is 356 g/mol. The number of hydrogen-bond donors (Lipinski definition) is 1. The Bertz CT molecular complexity index is 1220. The van der Waals surface area contributed by atoms with Gasteiger partial charge in [0, 0.05) is 11.1 Å². The van der Waals surface area contributed by atoms with Gasteiger partial charge in [0.1, 0.15) is 6.61 Å². The number of aromatic nitrogens is 4. The largest absolute Gasteiger partial charge is 0.456 e. The minimum atomic E-state index is -0.588. The van der Waals surface area contributed by atoms with Crippen molar-refractivity contribution in [2.24, 2.45) is 0 Å². The van der Waals surface area contributed by atoms with Crippen molar-refractivity contribution >= 4 is 16.7 Å². The first-order valence-electron chi connectivity index (χ1n) is 8.80. The van der Waals surface area contributed by atoms with Crippen molar-refractivity contribution in [2.75, 3.05) is 0 Å². The molecule has 0 aliphatic carbocycles. The number of H-pyrrole nitrogens is 1. The molecule has 0 unspecified atom stereocenters.